The molecule has 2 saturated heterocycles. The van der Waals surface area contributed by atoms with Crippen molar-refractivity contribution in [3.05, 3.63) is 42.0 Å². The van der Waals surface area contributed by atoms with Gasteiger partial charge in [-0.15, -0.1) is 0 Å². The van der Waals surface area contributed by atoms with Gasteiger partial charge in [0, 0.05) is 5.69 Å². The maximum absolute atomic E-state index is 13.1. The zero-order valence-electron chi connectivity index (χ0n) is 14.1. The number of aryl methyl sites for hydroxylation is 1. The maximum Gasteiger partial charge on any atom is 0.313 e. The third-order valence-corrected chi connectivity index (χ3v) is 5.13. The molecule has 5 heteroatoms. The molecule has 1 amide bonds. The van der Waals surface area contributed by atoms with Gasteiger partial charge < -0.3 is 14.4 Å². The molecule has 24 heavy (non-hydrogen) atoms. The van der Waals surface area contributed by atoms with E-state index in [0.29, 0.717) is 6.54 Å². The third-order valence-electron chi connectivity index (χ3n) is 5.13. The number of ether oxygens (including phenoxy) is 2. The number of hydrogen-bond acceptors (Lipinski definition) is 4. The van der Waals surface area contributed by atoms with Crippen LogP contribution in [0.3, 0.4) is 0 Å². The summed E-state index contributed by atoms with van der Waals surface area (Å²) in [6.07, 6.45) is 3.29. The van der Waals surface area contributed by atoms with Crippen LogP contribution in [-0.2, 0) is 19.1 Å². The van der Waals surface area contributed by atoms with E-state index in [4.69, 9.17) is 9.47 Å². The van der Waals surface area contributed by atoms with E-state index in [-0.39, 0.29) is 24.1 Å². The molecule has 5 nitrogen and oxygen atoms in total. The number of amides is 1. The lowest BCUT2D eigenvalue weighted by molar-refractivity contribution is -0.156. The lowest BCUT2D eigenvalue weighted by Gasteiger charge is -2.23. The van der Waals surface area contributed by atoms with Gasteiger partial charge in [0.25, 0.3) is 0 Å². The minimum atomic E-state index is -0.704. The lowest BCUT2D eigenvalue weighted by atomic mass is 9.77. The summed E-state index contributed by atoms with van der Waals surface area (Å²) in [4.78, 5) is 27.4. The highest BCUT2D eigenvalue weighted by atomic mass is 16.6. The summed E-state index contributed by atoms with van der Waals surface area (Å²) in [6, 6.07) is 7.78. The average Bonchev–Trinajstić information content (AvgIpc) is 3.15. The number of carbonyl (C=O) groups excluding carboxylic acids is 2. The van der Waals surface area contributed by atoms with Crippen molar-refractivity contribution in [1.82, 2.24) is 0 Å². The van der Waals surface area contributed by atoms with E-state index in [9.17, 15) is 9.59 Å². The number of fused-ring (bicyclic) bond motifs is 1. The van der Waals surface area contributed by atoms with Gasteiger partial charge in [0.2, 0.25) is 5.91 Å². The maximum atomic E-state index is 13.1. The molecule has 1 aromatic carbocycles. The minimum Gasteiger partial charge on any atom is -0.463 e. The number of hydrogen-bond donors (Lipinski definition) is 0. The van der Waals surface area contributed by atoms with Crippen molar-refractivity contribution in [2.24, 2.45) is 11.8 Å². The van der Waals surface area contributed by atoms with E-state index in [1.807, 2.05) is 57.2 Å². The van der Waals surface area contributed by atoms with E-state index >= 15 is 0 Å². The molecular formula is C19H21NO4. The van der Waals surface area contributed by atoms with E-state index in [0.717, 1.165) is 11.3 Å². The standard InChI is InChI=1S/C19H21NO4/c1-11(2)23-18(22)15-14-8-9-19(24-14)10-20(17(21)16(15)19)13-7-5-4-6-12(13)3/h4-9,11,14-16H,10H2,1-3H3/t14-,15+,16-,19-/m0/s1. The molecule has 0 aliphatic carbocycles. The monoisotopic (exact) mass is 327 g/mol. The lowest BCUT2D eigenvalue weighted by Crippen LogP contribution is -2.40. The van der Waals surface area contributed by atoms with E-state index < -0.39 is 17.4 Å². The van der Waals surface area contributed by atoms with Crippen LogP contribution in [0.2, 0.25) is 0 Å². The summed E-state index contributed by atoms with van der Waals surface area (Å²) < 4.78 is 11.5. The molecule has 0 aromatic heterocycles. The van der Waals surface area contributed by atoms with Gasteiger partial charge in [0.1, 0.15) is 11.5 Å². The number of benzene rings is 1. The van der Waals surface area contributed by atoms with Gasteiger partial charge in [-0.1, -0.05) is 30.4 Å². The molecule has 3 aliphatic rings. The van der Waals surface area contributed by atoms with Crippen molar-refractivity contribution in [3.63, 3.8) is 0 Å². The summed E-state index contributed by atoms with van der Waals surface area (Å²) in [7, 11) is 0. The second-order valence-electron chi connectivity index (χ2n) is 7.10. The van der Waals surface area contributed by atoms with Crippen molar-refractivity contribution >= 4 is 17.6 Å². The Kier molecular flexibility index (Phi) is 3.32. The Morgan fingerprint density at radius 2 is 2.12 bits per heavy atom. The van der Waals surface area contributed by atoms with Crippen molar-refractivity contribution in [2.75, 3.05) is 11.4 Å². The number of esters is 1. The number of anilines is 1. The number of nitrogens with zero attached hydrogens (tertiary/aromatic N) is 1. The predicted octanol–water partition coefficient (Wildman–Crippen LogP) is 2.23. The Hall–Kier alpha value is -2.14. The topological polar surface area (TPSA) is 55.8 Å². The van der Waals surface area contributed by atoms with Crippen molar-refractivity contribution < 1.29 is 19.1 Å². The third kappa shape index (κ3) is 2.04. The number of carbonyl (C=O) groups is 2. The molecular weight excluding hydrogens is 306 g/mol. The summed E-state index contributed by atoms with van der Waals surface area (Å²) in [5.41, 5.74) is 1.20. The highest BCUT2D eigenvalue weighted by Crippen LogP contribution is 2.53. The van der Waals surface area contributed by atoms with Gasteiger partial charge in [-0.3, -0.25) is 9.59 Å². The summed E-state index contributed by atoms with van der Waals surface area (Å²) in [6.45, 7) is 6.05. The Morgan fingerprint density at radius 1 is 1.38 bits per heavy atom. The summed E-state index contributed by atoms with van der Waals surface area (Å²) in [5.74, 6) is -1.45. The second-order valence-corrected chi connectivity index (χ2v) is 7.10. The quantitative estimate of drug-likeness (QED) is 0.631. The average molecular weight is 327 g/mol. The molecule has 0 unspecified atom stereocenters. The van der Waals surface area contributed by atoms with E-state index in [2.05, 4.69) is 0 Å². The van der Waals surface area contributed by atoms with Gasteiger partial charge in [-0.2, -0.15) is 0 Å². The number of rotatable bonds is 3. The van der Waals surface area contributed by atoms with Crippen LogP contribution in [0, 0.1) is 18.8 Å². The normalized spacial score (nSPS) is 33.4. The SMILES string of the molecule is Cc1ccccc1N1C[C@]23C=C[C@H](O2)[C@@H](C(=O)OC(C)C)[C@H]3C1=O. The molecule has 2 bridgehead atoms. The Morgan fingerprint density at radius 3 is 2.83 bits per heavy atom. The predicted molar refractivity (Wildman–Crippen MR) is 88.5 cm³/mol. The van der Waals surface area contributed by atoms with Gasteiger partial charge in [0.15, 0.2) is 0 Å². The molecule has 126 valence electrons. The zero-order chi connectivity index (χ0) is 17.1. The van der Waals surface area contributed by atoms with E-state index in [1.165, 1.54) is 0 Å². The molecule has 0 radical (unpaired) electrons. The first-order valence-electron chi connectivity index (χ1n) is 8.37. The van der Waals surface area contributed by atoms with Crippen LogP contribution < -0.4 is 4.90 Å². The molecule has 3 aliphatic heterocycles. The van der Waals surface area contributed by atoms with Gasteiger partial charge in [-0.25, -0.2) is 0 Å². The minimum absolute atomic E-state index is 0.0538. The Bertz CT molecular complexity index is 741. The van der Waals surface area contributed by atoms with Gasteiger partial charge >= 0.3 is 5.97 Å². The van der Waals surface area contributed by atoms with Crippen LogP contribution in [0.5, 0.6) is 0 Å². The largest absolute Gasteiger partial charge is 0.463 e. The van der Waals surface area contributed by atoms with E-state index in [1.54, 1.807) is 4.90 Å². The van der Waals surface area contributed by atoms with Gasteiger partial charge in [-0.05, 0) is 32.4 Å². The molecule has 1 spiro atoms. The molecule has 1 aromatic rings. The first kappa shape index (κ1) is 15.4. The van der Waals surface area contributed by atoms with Crippen molar-refractivity contribution in [2.45, 2.75) is 38.6 Å². The molecule has 4 atom stereocenters. The molecule has 0 saturated carbocycles. The van der Waals surface area contributed by atoms with Crippen molar-refractivity contribution in [3.8, 4) is 0 Å². The highest BCUT2D eigenvalue weighted by molar-refractivity contribution is 6.03. The Balaban J connectivity index is 1.69. The molecule has 0 N–H and O–H groups in total. The van der Waals surface area contributed by atoms with Crippen LogP contribution in [0.4, 0.5) is 5.69 Å². The van der Waals surface area contributed by atoms with Gasteiger partial charge in [0.05, 0.1) is 24.7 Å². The first-order chi connectivity index (χ1) is 11.4. The Labute approximate surface area is 141 Å². The van der Waals surface area contributed by atoms with Crippen LogP contribution in [0.1, 0.15) is 19.4 Å². The smallest absolute Gasteiger partial charge is 0.313 e. The first-order valence-corrected chi connectivity index (χ1v) is 8.37. The zero-order valence-corrected chi connectivity index (χ0v) is 14.1. The fourth-order valence-electron chi connectivity index (χ4n) is 4.15. The fraction of sp³-hybridized carbons (Fsp3) is 0.474. The molecule has 2 fully saturated rings. The number of para-hydroxylation sites is 1. The van der Waals surface area contributed by atoms with Crippen LogP contribution in [0.15, 0.2) is 36.4 Å². The molecule has 4 rings (SSSR count). The highest BCUT2D eigenvalue weighted by Gasteiger charge is 2.67. The summed E-state index contributed by atoms with van der Waals surface area (Å²) in [5, 5.41) is 0. The van der Waals surface area contributed by atoms with Crippen molar-refractivity contribution in [1.29, 1.82) is 0 Å². The second kappa shape index (κ2) is 5.18. The van der Waals surface area contributed by atoms with Crippen LogP contribution >= 0.6 is 0 Å². The van der Waals surface area contributed by atoms with Crippen LogP contribution in [-0.4, -0.2) is 36.2 Å². The fourth-order valence-corrected chi connectivity index (χ4v) is 4.15. The summed E-state index contributed by atoms with van der Waals surface area (Å²) >= 11 is 0. The van der Waals surface area contributed by atoms with Crippen LogP contribution in [0.25, 0.3) is 0 Å². The molecule has 3 heterocycles.